The molecule has 2 aromatic heterocycles. The molecular weight excluding hydrogens is 274 g/mol. The van der Waals surface area contributed by atoms with E-state index >= 15 is 0 Å². The number of aromatic nitrogens is 2. The fourth-order valence-electron chi connectivity index (χ4n) is 2.70. The van der Waals surface area contributed by atoms with Crippen LogP contribution in [0.2, 0.25) is 0 Å². The molecule has 0 amide bonds. The van der Waals surface area contributed by atoms with E-state index in [9.17, 15) is 4.79 Å². The predicted octanol–water partition coefficient (Wildman–Crippen LogP) is 2.28. The van der Waals surface area contributed by atoms with Crippen LogP contribution in [0.3, 0.4) is 0 Å². The number of hydrogen-bond acceptors (Lipinski definition) is 5. The number of nitrogens with one attached hydrogen (secondary N) is 1. The summed E-state index contributed by atoms with van der Waals surface area (Å²) in [6.07, 6.45) is 1.72. The zero-order valence-electron chi connectivity index (χ0n) is 12.2. The standard InChI is InChI=1S/C14H19N3O2S/c1-5-14(2)6-8-9(7-19-14)20-12-10(8)11(18)16-13(15-3)17(12)4/h5-7H2,1-4H3,(H,15,16,18). The number of fused-ring (bicyclic) bond motifs is 3. The maximum atomic E-state index is 12.3. The number of aryl methyl sites for hydroxylation is 1. The second kappa shape index (κ2) is 4.56. The predicted molar refractivity (Wildman–Crippen MR) is 81.6 cm³/mol. The van der Waals surface area contributed by atoms with Crippen LogP contribution in [0.4, 0.5) is 5.95 Å². The summed E-state index contributed by atoms with van der Waals surface area (Å²) in [5, 5.41) is 3.74. The Hall–Kier alpha value is -1.40. The maximum Gasteiger partial charge on any atom is 0.283 e. The average Bonchev–Trinajstić information content (AvgIpc) is 2.82. The minimum absolute atomic E-state index is 0.139. The highest BCUT2D eigenvalue weighted by atomic mass is 32.1. The second-order valence-electron chi connectivity index (χ2n) is 5.50. The third kappa shape index (κ3) is 1.86. The van der Waals surface area contributed by atoms with Crippen LogP contribution in [0.5, 0.6) is 0 Å². The van der Waals surface area contributed by atoms with Gasteiger partial charge in [-0.15, -0.1) is 11.3 Å². The first-order chi connectivity index (χ1) is 9.49. The smallest absolute Gasteiger partial charge is 0.283 e. The molecule has 1 unspecified atom stereocenters. The van der Waals surface area contributed by atoms with Gasteiger partial charge in [0.25, 0.3) is 5.56 Å². The fourth-order valence-corrected chi connectivity index (χ4v) is 3.88. The zero-order chi connectivity index (χ0) is 14.5. The van der Waals surface area contributed by atoms with E-state index in [4.69, 9.17) is 4.74 Å². The normalized spacial score (nSPS) is 22.0. The Balaban J connectivity index is 2.28. The SMILES string of the molecule is CCC1(C)Cc2c(sc3c2c(=O)nc(NC)n3C)CO1. The Morgan fingerprint density at radius 1 is 1.55 bits per heavy atom. The number of ether oxygens (including phenoxy) is 1. The van der Waals surface area contributed by atoms with Crippen molar-refractivity contribution in [1.29, 1.82) is 0 Å². The second-order valence-corrected chi connectivity index (χ2v) is 6.59. The van der Waals surface area contributed by atoms with Crippen molar-refractivity contribution in [2.75, 3.05) is 12.4 Å². The van der Waals surface area contributed by atoms with Gasteiger partial charge in [0, 0.05) is 25.4 Å². The highest BCUT2D eigenvalue weighted by Gasteiger charge is 2.33. The van der Waals surface area contributed by atoms with E-state index in [2.05, 4.69) is 24.1 Å². The van der Waals surface area contributed by atoms with Gasteiger partial charge in [-0.3, -0.25) is 4.79 Å². The van der Waals surface area contributed by atoms with Crippen LogP contribution in [-0.2, 0) is 24.8 Å². The molecule has 5 nitrogen and oxygen atoms in total. The number of hydrogen-bond donors (Lipinski definition) is 1. The van der Waals surface area contributed by atoms with Gasteiger partial charge in [0.15, 0.2) is 0 Å². The van der Waals surface area contributed by atoms with Crippen molar-refractivity contribution in [2.45, 2.75) is 38.9 Å². The molecule has 20 heavy (non-hydrogen) atoms. The Kier molecular flexibility index (Phi) is 3.10. The zero-order valence-corrected chi connectivity index (χ0v) is 13.1. The van der Waals surface area contributed by atoms with Crippen LogP contribution in [0.1, 0.15) is 30.7 Å². The maximum absolute atomic E-state index is 12.3. The highest BCUT2D eigenvalue weighted by molar-refractivity contribution is 7.18. The minimum atomic E-state index is -0.173. The van der Waals surface area contributed by atoms with Gasteiger partial charge in [-0.2, -0.15) is 4.98 Å². The van der Waals surface area contributed by atoms with Crippen LogP contribution in [0, 0.1) is 0 Å². The third-order valence-electron chi connectivity index (χ3n) is 4.19. The van der Waals surface area contributed by atoms with E-state index in [1.54, 1.807) is 18.4 Å². The Bertz CT molecular complexity index is 734. The number of thiophene rings is 1. The first kappa shape index (κ1) is 13.6. The molecule has 0 aromatic carbocycles. The van der Waals surface area contributed by atoms with Crippen LogP contribution < -0.4 is 10.9 Å². The van der Waals surface area contributed by atoms with Crippen LogP contribution in [0.25, 0.3) is 10.2 Å². The van der Waals surface area contributed by atoms with Gasteiger partial charge in [-0.25, -0.2) is 0 Å². The van der Waals surface area contributed by atoms with Gasteiger partial charge in [0.2, 0.25) is 5.95 Å². The van der Waals surface area contributed by atoms with E-state index in [-0.39, 0.29) is 11.2 Å². The van der Waals surface area contributed by atoms with Crippen molar-refractivity contribution in [3.05, 3.63) is 20.8 Å². The molecule has 0 saturated carbocycles. The molecule has 0 fully saturated rings. The summed E-state index contributed by atoms with van der Waals surface area (Å²) in [7, 11) is 3.71. The molecule has 1 atom stereocenters. The molecule has 0 aliphatic carbocycles. The lowest BCUT2D eigenvalue weighted by molar-refractivity contribution is -0.0543. The lowest BCUT2D eigenvalue weighted by Gasteiger charge is -2.32. The summed E-state index contributed by atoms with van der Waals surface area (Å²) in [5.74, 6) is 0.597. The molecule has 0 radical (unpaired) electrons. The number of rotatable bonds is 2. The van der Waals surface area contributed by atoms with E-state index < -0.39 is 0 Å². The lowest BCUT2D eigenvalue weighted by Crippen LogP contribution is -2.34. The van der Waals surface area contributed by atoms with E-state index in [1.807, 2.05) is 11.6 Å². The van der Waals surface area contributed by atoms with E-state index in [0.717, 1.165) is 33.5 Å². The Labute approximate surface area is 121 Å². The quantitative estimate of drug-likeness (QED) is 0.923. The molecule has 2 aromatic rings. The molecule has 0 bridgehead atoms. The van der Waals surface area contributed by atoms with Crippen molar-refractivity contribution in [1.82, 2.24) is 9.55 Å². The Morgan fingerprint density at radius 3 is 2.95 bits per heavy atom. The highest BCUT2D eigenvalue weighted by Crippen LogP contribution is 2.38. The van der Waals surface area contributed by atoms with Crippen molar-refractivity contribution >= 4 is 27.5 Å². The van der Waals surface area contributed by atoms with Gasteiger partial charge >= 0.3 is 0 Å². The molecule has 3 rings (SSSR count). The number of anilines is 1. The summed E-state index contributed by atoms with van der Waals surface area (Å²) in [5.41, 5.74) is 0.824. The third-order valence-corrected chi connectivity index (χ3v) is 5.47. The van der Waals surface area contributed by atoms with Crippen molar-refractivity contribution in [3.8, 4) is 0 Å². The van der Waals surface area contributed by atoms with Crippen molar-refractivity contribution in [2.24, 2.45) is 7.05 Å². The molecule has 1 aliphatic rings. The van der Waals surface area contributed by atoms with Gasteiger partial charge < -0.3 is 14.6 Å². The molecule has 1 N–H and O–H groups in total. The molecule has 3 heterocycles. The first-order valence-electron chi connectivity index (χ1n) is 6.82. The summed E-state index contributed by atoms with van der Waals surface area (Å²) in [6.45, 7) is 4.82. The van der Waals surface area contributed by atoms with Gasteiger partial charge in [0.1, 0.15) is 4.83 Å². The van der Waals surface area contributed by atoms with Crippen LogP contribution in [0.15, 0.2) is 4.79 Å². The molecule has 1 aliphatic heterocycles. The lowest BCUT2D eigenvalue weighted by atomic mass is 9.90. The molecule has 108 valence electrons. The molecule has 6 heteroatoms. The minimum Gasteiger partial charge on any atom is -0.369 e. The molecule has 0 spiro atoms. The Morgan fingerprint density at radius 2 is 2.30 bits per heavy atom. The van der Waals surface area contributed by atoms with E-state index in [1.165, 1.54) is 0 Å². The van der Waals surface area contributed by atoms with Gasteiger partial charge in [0.05, 0.1) is 17.6 Å². The van der Waals surface area contributed by atoms with Crippen molar-refractivity contribution < 1.29 is 4.74 Å². The molecular formula is C14H19N3O2S. The summed E-state index contributed by atoms with van der Waals surface area (Å²) in [4.78, 5) is 18.6. The number of nitrogens with zero attached hydrogens (tertiary/aromatic N) is 2. The monoisotopic (exact) mass is 293 g/mol. The van der Waals surface area contributed by atoms with Crippen LogP contribution >= 0.6 is 11.3 Å². The summed E-state index contributed by atoms with van der Waals surface area (Å²) >= 11 is 1.64. The van der Waals surface area contributed by atoms with Crippen molar-refractivity contribution in [3.63, 3.8) is 0 Å². The average molecular weight is 293 g/mol. The van der Waals surface area contributed by atoms with Crippen LogP contribution in [-0.4, -0.2) is 22.2 Å². The topological polar surface area (TPSA) is 56.2 Å². The van der Waals surface area contributed by atoms with Gasteiger partial charge in [-0.05, 0) is 18.9 Å². The summed E-state index contributed by atoms with van der Waals surface area (Å²) < 4.78 is 7.92. The van der Waals surface area contributed by atoms with E-state index in [0.29, 0.717) is 12.6 Å². The van der Waals surface area contributed by atoms with Gasteiger partial charge in [-0.1, -0.05) is 6.92 Å². The molecule has 0 saturated heterocycles. The summed E-state index contributed by atoms with van der Waals surface area (Å²) in [6, 6.07) is 0. The fraction of sp³-hybridized carbons (Fsp3) is 0.571. The largest absolute Gasteiger partial charge is 0.369 e. The first-order valence-corrected chi connectivity index (χ1v) is 7.63.